The van der Waals surface area contributed by atoms with Crippen molar-refractivity contribution >= 4 is 11.6 Å². The molecule has 0 bridgehead atoms. The smallest absolute Gasteiger partial charge is 0.392 e. The Kier molecular flexibility index (Phi) is 5.10. The van der Waals surface area contributed by atoms with E-state index in [1.165, 1.54) is 19.2 Å². The van der Waals surface area contributed by atoms with E-state index in [2.05, 4.69) is 0 Å². The van der Waals surface area contributed by atoms with Crippen LogP contribution in [0.3, 0.4) is 0 Å². The third kappa shape index (κ3) is 4.27. The Balaban J connectivity index is 2.86. The fourth-order valence-corrected chi connectivity index (χ4v) is 1.56. The topological polar surface area (TPSA) is 38.7 Å². The zero-order chi connectivity index (χ0) is 13.8. The van der Waals surface area contributed by atoms with Crippen molar-refractivity contribution in [3.8, 4) is 11.5 Å². The molecular formula is C11H12ClF3O3. The van der Waals surface area contributed by atoms with Gasteiger partial charge in [-0.05, 0) is 6.07 Å². The van der Waals surface area contributed by atoms with E-state index in [1.807, 2.05) is 0 Å². The molecule has 0 heterocycles. The largest absolute Gasteiger partial charge is 0.493 e. The average Bonchev–Trinajstić information content (AvgIpc) is 2.28. The summed E-state index contributed by atoms with van der Waals surface area (Å²) in [5, 5.41) is 9.41. The summed E-state index contributed by atoms with van der Waals surface area (Å²) in [6.07, 6.45) is -5.37. The first-order chi connectivity index (χ1) is 8.37. The van der Waals surface area contributed by atoms with Crippen molar-refractivity contribution in [2.75, 3.05) is 13.7 Å². The summed E-state index contributed by atoms with van der Waals surface area (Å²) in [5.74, 6) is 0.266. The predicted molar refractivity (Wildman–Crippen MR) is 60.1 cm³/mol. The second-order valence-electron chi connectivity index (χ2n) is 3.47. The summed E-state index contributed by atoms with van der Waals surface area (Å²) in [6, 6.07) is 2.82. The molecule has 18 heavy (non-hydrogen) atoms. The number of halogens is 4. The van der Waals surface area contributed by atoms with Crippen LogP contribution in [-0.4, -0.2) is 25.0 Å². The molecule has 7 heteroatoms. The Morgan fingerprint density at radius 2 is 2.00 bits per heavy atom. The Morgan fingerprint density at radius 3 is 2.50 bits per heavy atom. The molecule has 0 aromatic heterocycles. The number of rotatable bonds is 5. The molecule has 3 nitrogen and oxygen atoms in total. The Labute approximate surface area is 107 Å². The highest BCUT2D eigenvalue weighted by atomic mass is 35.5. The molecule has 0 spiro atoms. The molecule has 0 aliphatic heterocycles. The molecule has 0 unspecified atom stereocenters. The first-order valence-electron chi connectivity index (χ1n) is 5.04. The fraction of sp³-hybridized carbons (Fsp3) is 0.455. The number of aliphatic hydroxyl groups is 1. The van der Waals surface area contributed by atoms with Gasteiger partial charge < -0.3 is 14.6 Å². The number of aliphatic hydroxyl groups excluding tert-OH is 1. The van der Waals surface area contributed by atoms with Crippen molar-refractivity contribution in [3.63, 3.8) is 0 Å². The van der Waals surface area contributed by atoms with E-state index in [-0.39, 0.29) is 17.1 Å². The van der Waals surface area contributed by atoms with Crippen molar-refractivity contribution < 1.29 is 27.8 Å². The Bertz CT molecular complexity index is 382. The fourth-order valence-electron chi connectivity index (χ4n) is 1.32. The number of hydrogen-bond acceptors (Lipinski definition) is 3. The van der Waals surface area contributed by atoms with Gasteiger partial charge in [0.1, 0.15) is 0 Å². The second kappa shape index (κ2) is 6.15. The van der Waals surface area contributed by atoms with Gasteiger partial charge in [-0.25, -0.2) is 0 Å². The third-order valence-electron chi connectivity index (χ3n) is 2.12. The molecule has 0 radical (unpaired) electrons. The number of benzene rings is 1. The van der Waals surface area contributed by atoms with Crippen molar-refractivity contribution in [1.82, 2.24) is 0 Å². The van der Waals surface area contributed by atoms with E-state index < -0.39 is 25.8 Å². The average molecular weight is 285 g/mol. The van der Waals surface area contributed by atoms with Crippen LogP contribution in [0.2, 0.25) is 5.02 Å². The van der Waals surface area contributed by atoms with Crippen molar-refractivity contribution in [2.45, 2.75) is 19.2 Å². The number of hydrogen-bond donors (Lipinski definition) is 1. The van der Waals surface area contributed by atoms with E-state index in [4.69, 9.17) is 26.2 Å². The van der Waals surface area contributed by atoms with Gasteiger partial charge in [0.25, 0.3) is 0 Å². The molecule has 0 aliphatic carbocycles. The van der Waals surface area contributed by atoms with Gasteiger partial charge in [0.05, 0.1) is 26.7 Å². The second-order valence-corrected chi connectivity index (χ2v) is 3.90. The van der Waals surface area contributed by atoms with Crippen LogP contribution in [-0.2, 0) is 6.61 Å². The van der Waals surface area contributed by atoms with Gasteiger partial charge in [-0.2, -0.15) is 13.2 Å². The molecule has 0 aliphatic rings. The molecule has 0 saturated heterocycles. The van der Waals surface area contributed by atoms with Crippen LogP contribution in [0.15, 0.2) is 12.1 Å². The normalized spacial score (nSPS) is 11.4. The van der Waals surface area contributed by atoms with Crippen molar-refractivity contribution in [1.29, 1.82) is 0 Å². The van der Waals surface area contributed by atoms with Gasteiger partial charge in [-0.15, -0.1) is 0 Å². The van der Waals surface area contributed by atoms with Crippen LogP contribution in [0.1, 0.15) is 12.0 Å². The first-order valence-corrected chi connectivity index (χ1v) is 5.42. The molecule has 1 aromatic rings. The minimum Gasteiger partial charge on any atom is -0.493 e. The Morgan fingerprint density at radius 1 is 1.33 bits per heavy atom. The SMILES string of the molecule is COc1cc(Cl)cc(CO)c1OCCC(F)(F)F. The molecule has 1 rings (SSSR count). The maximum absolute atomic E-state index is 12.0. The van der Waals surface area contributed by atoms with Crippen LogP contribution in [0.5, 0.6) is 11.5 Å². The van der Waals surface area contributed by atoms with Crippen LogP contribution in [0.25, 0.3) is 0 Å². The van der Waals surface area contributed by atoms with Crippen LogP contribution in [0, 0.1) is 0 Å². The summed E-state index contributed by atoms with van der Waals surface area (Å²) in [6.45, 7) is -0.952. The number of alkyl halides is 3. The molecule has 0 amide bonds. The standard InChI is InChI=1S/C11H12ClF3O3/c1-17-9-5-8(12)4-7(6-16)10(9)18-3-2-11(13,14)15/h4-5,16H,2-3,6H2,1H3. The molecule has 0 atom stereocenters. The van der Waals surface area contributed by atoms with Gasteiger partial charge in [0, 0.05) is 16.7 Å². The lowest BCUT2D eigenvalue weighted by Crippen LogP contribution is -2.14. The van der Waals surface area contributed by atoms with Gasteiger partial charge >= 0.3 is 6.18 Å². The highest BCUT2D eigenvalue weighted by molar-refractivity contribution is 6.30. The van der Waals surface area contributed by atoms with E-state index in [1.54, 1.807) is 0 Å². The maximum Gasteiger partial charge on any atom is 0.392 e. The quantitative estimate of drug-likeness (QED) is 0.902. The minimum atomic E-state index is -4.29. The molecule has 1 N–H and O–H groups in total. The zero-order valence-corrected chi connectivity index (χ0v) is 10.3. The van der Waals surface area contributed by atoms with Crippen molar-refractivity contribution in [2.24, 2.45) is 0 Å². The predicted octanol–water partition coefficient (Wildman–Crippen LogP) is 3.17. The maximum atomic E-state index is 12.0. The summed E-state index contributed by atoms with van der Waals surface area (Å²) >= 11 is 5.76. The lowest BCUT2D eigenvalue weighted by atomic mass is 10.2. The third-order valence-corrected chi connectivity index (χ3v) is 2.34. The van der Waals surface area contributed by atoms with Gasteiger partial charge in [0.15, 0.2) is 11.5 Å². The first kappa shape index (κ1) is 14.9. The Hall–Kier alpha value is -1.14. The van der Waals surface area contributed by atoms with Crippen LogP contribution in [0.4, 0.5) is 13.2 Å². The van der Waals surface area contributed by atoms with Crippen LogP contribution < -0.4 is 9.47 Å². The summed E-state index contributed by atoms with van der Waals surface area (Å²) < 4.78 is 46.0. The molecular weight excluding hydrogens is 273 g/mol. The van der Waals surface area contributed by atoms with Gasteiger partial charge in [-0.3, -0.25) is 0 Å². The molecule has 0 fully saturated rings. The number of methoxy groups -OCH3 is 1. The van der Waals surface area contributed by atoms with E-state index in [0.717, 1.165) is 0 Å². The highest BCUT2D eigenvalue weighted by Gasteiger charge is 2.27. The molecule has 0 saturated carbocycles. The van der Waals surface area contributed by atoms with E-state index in [9.17, 15) is 13.2 Å². The van der Waals surface area contributed by atoms with E-state index in [0.29, 0.717) is 5.02 Å². The zero-order valence-electron chi connectivity index (χ0n) is 9.55. The summed E-state index contributed by atoms with van der Waals surface area (Å²) in [5.41, 5.74) is 0.279. The number of ether oxygens (including phenoxy) is 2. The minimum absolute atomic E-state index is 0.0775. The lowest BCUT2D eigenvalue weighted by Gasteiger charge is -2.15. The lowest BCUT2D eigenvalue weighted by molar-refractivity contribution is -0.139. The summed E-state index contributed by atoms with van der Waals surface area (Å²) in [4.78, 5) is 0. The monoisotopic (exact) mass is 284 g/mol. The van der Waals surface area contributed by atoms with E-state index >= 15 is 0 Å². The van der Waals surface area contributed by atoms with Gasteiger partial charge in [0.2, 0.25) is 0 Å². The van der Waals surface area contributed by atoms with Gasteiger partial charge in [-0.1, -0.05) is 11.6 Å². The molecule has 102 valence electrons. The summed E-state index contributed by atoms with van der Waals surface area (Å²) in [7, 11) is 1.34. The van der Waals surface area contributed by atoms with Crippen molar-refractivity contribution in [3.05, 3.63) is 22.7 Å². The highest BCUT2D eigenvalue weighted by Crippen LogP contribution is 2.35. The van der Waals surface area contributed by atoms with Crippen LogP contribution >= 0.6 is 11.6 Å². The molecule has 1 aromatic carbocycles.